The summed E-state index contributed by atoms with van der Waals surface area (Å²) in [4.78, 5) is 0. The Balaban J connectivity index is 2.09. The fraction of sp³-hybridized carbons (Fsp3) is 0.812. The highest BCUT2D eigenvalue weighted by Gasteiger charge is 2.33. The zero-order valence-electron chi connectivity index (χ0n) is 13.4. The molecule has 0 atom stereocenters. The lowest BCUT2D eigenvalue weighted by Crippen LogP contribution is -2.49. The molecule has 1 N–H and O–H groups in total. The van der Waals surface area contributed by atoms with Crippen LogP contribution in [0.15, 0.2) is 4.47 Å². The Morgan fingerprint density at radius 1 is 1.38 bits per heavy atom. The summed E-state index contributed by atoms with van der Waals surface area (Å²) in [7, 11) is 0. The standard InChI is InChI=1S/C16H27BrClN3/c1-4-13-15(17)14(21(5-2)20-13)10-19-16(11-18)8-6-12(3)7-9-16/h12,19H,4-11H2,1-3H3. The maximum absolute atomic E-state index is 6.30. The fourth-order valence-electron chi connectivity index (χ4n) is 3.13. The van der Waals surface area contributed by atoms with E-state index in [9.17, 15) is 0 Å². The molecule has 0 spiro atoms. The highest BCUT2D eigenvalue weighted by molar-refractivity contribution is 9.10. The van der Waals surface area contributed by atoms with Gasteiger partial charge in [-0.15, -0.1) is 11.6 Å². The van der Waals surface area contributed by atoms with E-state index in [1.165, 1.54) is 31.4 Å². The van der Waals surface area contributed by atoms with Gasteiger partial charge in [0.05, 0.1) is 15.9 Å². The number of aromatic nitrogens is 2. The predicted octanol–water partition coefficient (Wildman–Crippen LogP) is 4.51. The Hall–Kier alpha value is -0.0600. The third-order valence-electron chi connectivity index (χ3n) is 4.81. The summed E-state index contributed by atoms with van der Waals surface area (Å²) >= 11 is 10.0. The highest BCUT2D eigenvalue weighted by atomic mass is 79.9. The van der Waals surface area contributed by atoms with Crippen molar-refractivity contribution >= 4 is 27.5 Å². The van der Waals surface area contributed by atoms with Gasteiger partial charge >= 0.3 is 0 Å². The van der Waals surface area contributed by atoms with Gasteiger partial charge in [0.1, 0.15) is 0 Å². The van der Waals surface area contributed by atoms with Crippen molar-refractivity contribution in [3.05, 3.63) is 15.9 Å². The number of halogens is 2. The number of nitrogens with zero attached hydrogens (tertiary/aromatic N) is 2. The molecule has 0 radical (unpaired) electrons. The first-order chi connectivity index (χ1) is 10.0. The van der Waals surface area contributed by atoms with E-state index in [1.807, 2.05) is 0 Å². The molecule has 1 aliphatic rings. The van der Waals surface area contributed by atoms with Crippen molar-refractivity contribution in [3.63, 3.8) is 0 Å². The first-order valence-electron chi connectivity index (χ1n) is 8.10. The monoisotopic (exact) mass is 375 g/mol. The molecule has 5 heteroatoms. The minimum atomic E-state index is 0.0999. The minimum Gasteiger partial charge on any atom is -0.304 e. The van der Waals surface area contributed by atoms with Gasteiger partial charge in [-0.1, -0.05) is 13.8 Å². The maximum Gasteiger partial charge on any atom is 0.0767 e. The van der Waals surface area contributed by atoms with Gasteiger partial charge in [-0.05, 0) is 60.9 Å². The van der Waals surface area contributed by atoms with Crippen LogP contribution in [0.3, 0.4) is 0 Å². The van der Waals surface area contributed by atoms with Crippen LogP contribution in [0.5, 0.6) is 0 Å². The van der Waals surface area contributed by atoms with Gasteiger partial charge in [-0.2, -0.15) is 5.10 Å². The van der Waals surface area contributed by atoms with Crippen LogP contribution >= 0.6 is 27.5 Å². The summed E-state index contributed by atoms with van der Waals surface area (Å²) < 4.78 is 3.26. The van der Waals surface area contributed by atoms with Crippen LogP contribution in [-0.4, -0.2) is 21.2 Å². The van der Waals surface area contributed by atoms with Gasteiger partial charge in [0.15, 0.2) is 0 Å². The molecule has 120 valence electrons. The van der Waals surface area contributed by atoms with Crippen molar-refractivity contribution in [2.75, 3.05) is 5.88 Å². The van der Waals surface area contributed by atoms with Crippen molar-refractivity contribution in [1.82, 2.24) is 15.1 Å². The van der Waals surface area contributed by atoms with Crippen LogP contribution in [0.4, 0.5) is 0 Å². The first kappa shape index (κ1) is 17.3. The molecule has 1 aromatic heterocycles. The predicted molar refractivity (Wildman–Crippen MR) is 92.9 cm³/mol. The number of hydrogen-bond donors (Lipinski definition) is 1. The quantitative estimate of drug-likeness (QED) is 0.740. The molecule has 0 saturated heterocycles. The molecule has 0 aliphatic heterocycles. The van der Waals surface area contributed by atoms with Crippen molar-refractivity contribution in [1.29, 1.82) is 0 Å². The molecular weight excluding hydrogens is 350 g/mol. The molecular formula is C16H27BrClN3. The van der Waals surface area contributed by atoms with Crippen LogP contribution < -0.4 is 5.32 Å². The topological polar surface area (TPSA) is 29.9 Å². The van der Waals surface area contributed by atoms with Crippen molar-refractivity contribution in [2.24, 2.45) is 5.92 Å². The second-order valence-corrected chi connectivity index (χ2v) is 7.39. The number of alkyl halides is 1. The molecule has 1 aromatic rings. The van der Waals surface area contributed by atoms with E-state index in [1.54, 1.807) is 0 Å². The maximum atomic E-state index is 6.30. The Bertz CT molecular complexity index is 464. The van der Waals surface area contributed by atoms with E-state index in [4.69, 9.17) is 11.6 Å². The van der Waals surface area contributed by atoms with Crippen molar-refractivity contribution in [2.45, 2.75) is 71.5 Å². The summed E-state index contributed by atoms with van der Waals surface area (Å²) in [5.41, 5.74) is 2.49. The van der Waals surface area contributed by atoms with E-state index >= 15 is 0 Å². The summed E-state index contributed by atoms with van der Waals surface area (Å²) in [6.07, 6.45) is 5.85. The van der Waals surface area contributed by atoms with Crippen LogP contribution in [0.2, 0.25) is 0 Å². The lowest BCUT2D eigenvalue weighted by molar-refractivity contribution is 0.214. The minimum absolute atomic E-state index is 0.0999. The highest BCUT2D eigenvalue weighted by Crippen LogP contribution is 2.33. The molecule has 2 rings (SSSR count). The number of nitrogens with one attached hydrogen (secondary N) is 1. The van der Waals surface area contributed by atoms with Crippen molar-refractivity contribution < 1.29 is 0 Å². The summed E-state index contributed by atoms with van der Waals surface area (Å²) in [6, 6.07) is 0. The Morgan fingerprint density at radius 2 is 2.05 bits per heavy atom. The van der Waals surface area contributed by atoms with Gasteiger partial charge in [-0.25, -0.2) is 0 Å². The second kappa shape index (κ2) is 7.47. The molecule has 0 amide bonds. The fourth-order valence-corrected chi connectivity index (χ4v) is 4.20. The van der Waals surface area contributed by atoms with E-state index in [-0.39, 0.29) is 5.54 Å². The summed E-state index contributed by atoms with van der Waals surface area (Å²) in [5.74, 6) is 1.53. The van der Waals surface area contributed by atoms with Gasteiger partial charge in [-0.3, -0.25) is 4.68 Å². The van der Waals surface area contributed by atoms with E-state index < -0.39 is 0 Å². The average molecular weight is 377 g/mol. The van der Waals surface area contributed by atoms with Crippen LogP contribution in [0.1, 0.15) is 57.8 Å². The third kappa shape index (κ3) is 3.83. The Labute approximate surface area is 141 Å². The molecule has 1 fully saturated rings. The number of rotatable bonds is 6. The van der Waals surface area contributed by atoms with E-state index in [2.05, 4.69) is 51.8 Å². The third-order valence-corrected chi connectivity index (χ3v) is 6.24. The van der Waals surface area contributed by atoms with Crippen LogP contribution in [-0.2, 0) is 19.5 Å². The molecule has 1 heterocycles. The zero-order valence-corrected chi connectivity index (χ0v) is 15.7. The van der Waals surface area contributed by atoms with Gasteiger partial charge in [0.25, 0.3) is 0 Å². The van der Waals surface area contributed by atoms with E-state index in [0.29, 0.717) is 5.88 Å². The number of hydrogen-bond acceptors (Lipinski definition) is 2. The van der Waals surface area contributed by atoms with E-state index in [0.717, 1.165) is 35.6 Å². The van der Waals surface area contributed by atoms with Crippen LogP contribution in [0, 0.1) is 5.92 Å². The Kier molecular flexibility index (Phi) is 6.15. The largest absolute Gasteiger partial charge is 0.304 e. The lowest BCUT2D eigenvalue weighted by Gasteiger charge is -2.39. The molecule has 0 aromatic carbocycles. The SMILES string of the molecule is CCc1nn(CC)c(CNC2(CCl)CCC(C)CC2)c1Br. The zero-order chi connectivity index (χ0) is 15.5. The molecule has 3 nitrogen and oxygen atoms in total. The summed E-state index contributed by atoms with van der Waals surface area (Å²) in [5, 5.41) is 8.42. The molecule has 0 bridgehead atoms. The first-order valence-corrected chi connectivity index (χ1v) is 9.43. The van der Waals surface area contributed by atoms with Crippen LogP contribution in [0.25, 0.3) is 0 Å². The molecule has 0 unspecified atom stereocenters. The summed E-state index contributed by atoms with van der Waals surface area (Å²) in [6.45, 7) is 8.37. The molecule has 1 aliphatic carbocycles. The molecule has 1 saturated carbocycles. The molecule has 21 heavy (non-hydrogen) atoms. The average Bonchev–Trinajstić information content (AvgIpc) is 2.83. The number of aryl methyl sites for hydroxylation is 2. The van der Waals surface area contributed by atoms with Gasteiger partial charge < -0.3 is 5.32 Å². The normalized spacial score (nSPS) is 26.2. The van der Waals surface area contributed by atoms with Crippen molar-refractivity contribution in [3.8, 4) is 0 Å². The second-order valence-electron chi connectivity index (χ2n) is 6.33. The Morgan fingerprint density at radius 3 is 2.57 bits per heavy atom. The van der Waals surface area contributed by atoms with Gasteiger partial charge in [0, 0.05) is 24.5 Å². The smallest absolute Gasteiger partial charge is 0.0767 e. The van der Waals surface area contributed by atoms with Gasteiger partial charge in [0.2, 0.25) is 0 Å². The lowest BCUT2D eigenvalue weighted by atomic mass is 9.78.